The fourth-order valence-corrected chi connectivity index (χ4v) is 3.00. The normalized spacial score (nSPS) is 11.4. The molecule has 0 amide bonds. The lowest BCUT2D eigenvalue weighted by molar-refractivity contribution is -0.385. The highest BCUT2D eigenvalue weighted by atomic mass is 32.2. The second kappa shape index (κ2) is 7.74. The summed E-state index contributed by atoms with van der Waals surface area (Å²) < 4.78 is 69.1. The predicted molar refractivity (Wildman–Crippen MR) is 90.1 cm³/mol. The van der Waals surface area contributed by atoms with Gasteiger partial charge in [-0.1, -0.05) is 0 Å². The molecule has 0 aromatic heterocycles. The minimum Gasteiger partial charge on any atom is -0.399 e. The zero-order valence-corrected chi connectivity index (χ0v) is 15.1. The minimum atomic E-state index is -3.63. The van der Waals surface area contributed by atoms with E-state index in [4.69, 9.17) is 5.73 Å². The molecule has 0 bridgehead atoms. The lowest BCUT2D eigenvalue weighted by Crippen LogP contribution is -1.99. The second-order valence-corrected chi connectivity index (χ2v) is 9.20. The van der Waals surface area contributed by atoms with Gasteiger partial charge < -0.3 is 5.73 Å². The Kier molecular flexibility index (Phi) is 6.39. The molecule has 0 aliphatic rings. The summed E-state index contributed by atoms with van der Waals surface area (Å²) in [6, 6.07) is 5.44. The maximum atomic E-state index is 12.7. The maximum absolute atomic E-state index is 12.7. The number of anilines is 1. The highest BCUT2D eigenvalue weighted by molar-refractivity contribution is 7.91. The van der Waals surface area contributed by atoms with Crippen LogP contribution in [0.15, 0.2) is 46.2 Å². The molecule has 2 N–H and O–H groups in total. The van der Waals surface area contributed by atoms with E-state index in [2.05, 4.69) is 0 Å². The molecule has 0 saturated heterocycles. The van der Waals surface area contributed by atoms with Gasteiger partial charge in [-0.15, -0.1) is 0 Å². The third-order valence-corrected chi connectivity index (χ3v) is 5.00. The van der Waals surface area contributed by atoms with Crippen molar-refractivity contribution >= 4 is 31.0 Å². The molecule has 2 rings (SSSR count). The summed E-state index contributed by atoms with van der Waals surface area (Å²) in [5.74, 6) is -1.59. The van der Waals surface area contributed by atoms with Gasteiger partial charge >= 0.3 is 0 Å². The molecule has 0 radical (unpaired) electrons. The van der Waals surface area contributed by atoms with E-state index in [0.29, 0.717) is 6.07 Å². The van der Waals surface area contributed by atoms with Gasteiger partial charge in [-0.3, -0.25) is 10.1 Å². The first-order chi connectivity index (χ1) is 11.7. The molecule has 0 spiro atoms. The number of halogens is 2. The number of nitrogens with zero attached hydrogens (tertiary/aromatic N) is 1. The molecule has 2 aromatic rings. The number of benzene rings is 2. The molecule has 0 aliphatic carbocycles. The molecule has 0 unspecified atom stereocenters. The van der Waals surface area contributed by atoms with Crippen molar-refractivity contribution in [3.63, 3.8) is 0 Å². The van der Waals surface area contributed by atoms with Gasteiger partial charge in [0, 0.05) is 24.3 Å². The number of nitro groups is 1. The zero-order chi connectivity index (χ0) is 20.3. The highest BCUT2D eigenvalue weighted by Gasteiger charge is 2.15. The summed E-state index contributed by atoms with van der Waals surface area (Å²) in [6.45, 7) is 0. The number of non-ortho nitro benzene ring substituents is 1. The van der Waals surface area contributed by atoms with Crippen LogP contribution in [0.2, 0.25) is 0 Å². The van der Waals surface area contributed by atoms with Crippen molar-refractivity contribution in [1.29, 1.82) is 0 Å². The number of hydrogen-bond acceptors (Lipinski definition) is 7. The molecule has 0 saturated carbocycles. The van der Waals surface area contributed by atoms with Gasteiger partial charge in [-0.25, -0.2) is 25.6 Å². The van der Waals surface area contributed by atoms with Crippen LogP contribution in [0.1, 0.15) is 0 Å². The Balaban J connectivity index is 0.000000263. The van der Waals surface area contributed by atoms with Crippen LogP contribution in [-0.4, -0.2) is 34.3 Å². The van der Waals surface area contributed by atoms with Crippen molar-refractivity contribution in [3.05, 3.63) is 58.1 Å². The van der Waals surface area contributed by atoms with Crippen LogP contribution in [0, 0.1) is 21.7 Å². The van der Waals surface area contributed by atoms with Gasteiger partial charge in [0.25, 0.3) is 5.69 Å². The van der Waals surface area contributed by atoms with Crippen LogP contribution in [0.5, 0.6) is 0 Å². The van der Waals surface area contributed by atoms with E-state index in [9.17, 15) is 35.7 Å². The molecule has 0 heterocycles. The summed E-state index contributed by atoms with van der Waals surface area (Å²) in [6.07, 6.45) is 1.85. The Hall–Kier alpha value is -2.60. The van der Waals surface area contributed by atoms with Gasteiger partial charge in [-0.2, -0.15) is 0 Å². The van der Waals surface area contributed by atoms with Gasteiger partial charge in [0.15, 0.2) is 19.7 Å². The number of hydrogen-bond donors (Lipinski definition) is 1. The monoisotopic (exact) mass is 408 g/mol. The molecule has 0 fully saturated rings. The van der Waals surface area contributed by atoms with Crippen molar-refractivity contribution in [2.45, 2.75) is 9.79 Å². The number of rotatable bonds is 3. The van der Waals surface area contributed by atoms with E-state index >= 15 is 0 Å². The standard InChI is InChI=1S/C7H6FNO4S.C7H8FNO2S/c1-14(12,13)7-3-5(8)2-6(4-7)9(10)11;1-12(10,11)7-3-5(8)2-6(9)4-7/h2-4H,1H3;2-4H,9H2,1H3. The smallest absolute Gasteiger partial charge is 0.273 e. The number of nitrogens with two attached hydrogens (primary N) is 1. The zero-order valence-electron chi connectivity index (χ0n) is 13.5. The first-order valence-corrected chi connectivity index (χ1v) is 10.4. The summed E-state index contributed by atoms with van der Waals surface area (Å²) in [5.41, 5.74) is 4.78. The van der Waals surface area contributed by atoms with Gasteiger partial charge in [0.2, 0.25) is 0 Å². The Morgan fingerprint density at radius 3 is 1.65 bits per heavy atom. The van der Waals surface area contributed by atoms with Crippen LogP contribution >= 0.6 is 0 Å². The molecular weight excluding hydrogens is 394 g/mol. The molecule has 0 atom stereocenters. The quantitative estimate of drug-likeness (QED) is 0.465. The largest absolute Gasteiger partial charge is 0.399 e. The summed E-state index contributed by atoms with van der Waals surface area (Å²) in [7, 11) is -6.99. The Labute approximate surface area is 148 Å². The molecule has 2 aromatic carbocycles. The first-order valence-electron chi connectivity index (χ1n) is 6.61. The van der Waals surface area contributed by atoms with Crippen LogP contribution in [-0.2, 0) is 19.7 Å². The summed E-state index contributed by atoms with van der Waals surface area (Å²) in [4.78, 5) is 8.93. The first kappa shape index (κ1) is 21.4. The second-order valence-electron chi connectivity index (χ2n) is 5.17. The fourth-order valence-electron chi connectivity index (χ4n) is 1.67. The predicted octanol–water partition coefficient (Wildman–Crippen LogP) is 1.95. The summed E-state index contributed by atoms with van der Waals surface area (Å²) in [5, 5.41) is 10.3. The van der Waals surface area contributed by atoms with Crippen molar-refractivity contribution in [2.75, 3.05) is 18.2 Å². The molecule has 26 heavy (non-hydrogen) atoms. The SMILES string of the molecule is CS(=O)(=O)c1cc(F)cc([N+](=O)[O-])c1.CS(=O)(=O)c1cc(N)cc(F)c1. The van der Waals surface area contributed by atoms with Crippen molar-refractivity contribution in [2.24, 2.45) is 0 Å². The maximum Gasteiger partial charge on any atom is 0.273 e. The van der Waals surface area contributed by atoms with E-state index < -0.39 is 46.8 Å². The average Bonchev–Trinajstić information content (AvgIpc) is 2.44. The highest BCUT2D eigenvalue weighted by Crippen LogP contribution is 2.19. The fraction of sp³-hybridized carbons (Fsp3) is 0.143. The average molecular weight is 408 g/mol. The molecule has 142 valence electrons. The van der Waals surface area contributed by atoms with E-state index in [-0.39, 0.29) is 10.6 Å². The topological polar surface area (TPSA) is 137 Å². The van der Waals surface area contributed by atoms with Crippen LogP contribution in [0.3, 0.4) is 0 Å². The van der Waals surface area contributed by atoms with E-state index in [1.807, 2.05) is 0 Å². The summed E-state index contributed by atoms with van der Waals surface area (Å²) >= 11 is 0. The van der Waals surface area contributed by atoms with E-state index in [1.165, 1.54) is 6.07 Å². The van der Waals surface area contributed by atoms with Gasteiger partial charge in [-0.05, 0) is 24.3 Å². The molecule has 12 heteroatoms. The molecular formula is C14H14F2N2O6S2. The molecule has 8 nitrogen and oxygen atoms in total. The third-order valence-electron chi connectivity index (χ3n) is 2.82. The number of nitro benzene ring substituents is 1. The van der Waals surface area contributed by atoms with Crippen molar-refractivity contribution in [3.8, 4) is 0 Å². The van der Waals surface area contributed by atoms with Crippen LogP contribution in [0.4, 0.5) is 20.2 Å². The van der Waals surface area contributed by atoms with Crippen LogP contribution < -0.4 is 5.73 Å². The lowest BCUT2D eigenvalue weighted by Gasteiger charge is -1.99. The van der Waals surface area contributed by atoms with E-state index in [1.54, 1.807) is 0 Å². The minimum absolute atomic E-state index is 0.0972. The Morgan fingerprint density at radius 2 is 1.27 bits per heavy atom. The lowest BCUT2D eigenvalue weighted by atomic mass is 10.3. The van der Waals surface area contributed by atoms with Crippen molar-refractivity contribution in [1.82, 2.24) is 0 Å². The van der Waals surface area contributed by atoms with Gasteiger partial charge in [0.05, 0.1) is 20.8 Å². The van der Waals surface area contributed by atoms with Crippen LogP contribution in [0.25, 0.3) is 0 Å². The Bertz CT molecular complexity index is 1030. The Morgan fingerprint density at radius 1 is 0.846 bits per heavy atom. The third kappa shape index (κ3) is 6.37. The molecule has 0 aliphatic heterocycles. The number of nitrogen functional groups attached to an aromatic ring is 1. The van der Waals surface area contributed by atoms with E-state index in [0.717, 1.165) is 36.8 Å². The number of sulfone groups is 2. The van der Waals surface area contributed by atoms with Crippen molar-refractivity contribution < 1.29 is 30.5 Å². The van der Waals surface area contributed by atoms with Gasteiger partial charge in [0.1, 0.15) is 11.6 Å².